The Morgan fingerprint density at radius 3 is 2.89 bits per heavy atom. The highest BCUT2D eigenvalue weighted by Crippen LogP contribution is 2.32. The normalized spacial score (nSPS) is 17.6. The van der Waals surface area contributed by atoms with Crippen molar-refractivity contribution in [3.8, 4) is 0 Å². The van der Waals surface area contributed by atoms with Gasteiger partial charge in [0.25, 0.3) is 0 Å². The molecule has 1 aliphatic heterocycles. The Balaban J connectivity index is 1.83. The molecule has 1 unspecified atom stereocenters. The summed E-state index contributed by atoms with van der Waals surface area (Å²) in [6, 6.07) is 12.5. The molecule has 0 amide bonds. The van der Waals surface area contributed by atoms with Crippen molar-refractivity contribution < 1.29 is 5.11 Å². The van der Waals surface area contributed by atoms with Gasteiger partial charge >= 0.3 is 0 Å². The minimum Gasteiger partial charge on any atom is -0.383 e. The largest absolute Gasteiger partial charge is 0.383 e. The van der Waals surface area contributed by atoms with Crippen molar-refractivity contribution in [2.75, 3.05) is 18.0 Å². The number of benzene rings is 1. The maximum Gasteiger partial charge on any atom is 0.113 e. The molecule has 1 atom stereocenters. The number of para-hydroxylation sites is 1. The van der Waals surface area contributed by atoms with Gasteiger partial charge < -0.3 is 10.0 Å². The third kappa shape index (κ3) is 2.04. The third-order valence-corrected chi connectivity index (χ3v) is 4.66. The topological polar surface area (TPSA) is 23.5 Å². The van der Waals surface area contributed by atoms with Crippen LogP contribution in [0.25, 0.3) is 0 Å². The number of β-amino-alcohol motifs (C(OH)–C–C–N with tert-alkyl or cyclic N) is 1. The molecule has 1 aliphatic rings. The van der Waals surface area contributed by atoms with Crippen molar-refractivity contribution in [1.29, 1.82) is 0 Å². The SMILES string of the molecule is CC(O)(CN1CCc2ccccc21)c1cccs1. The van der Waals surface area contributed by atoms with E-state index in [1.165, 1.54) is 11.3 Å². The van der Waals surface area contributed by atoms with Gasteiger partial charge in [0.1, 0.15) is 5.60 Å². The molecule has 1 aromatic carbocycles. The van der Waals surface area contributed by atoms with Crippen LogP contribution in [-0.4, -0.2) is 18.2 Å². The van der Waals surface area contributed by atoms with Crippen LogP contribution in [0.4, 0.5) is 5.69 Å². The van der Waals surface area contributed by atoms with Gasteiger partial charge in [0.15, 0.2) is 0 Å². The lowest BCUT2D eigenvalue weighted by Gasteiger charge is -2.30. The van der Waals surface area contributed by atoms with E-state index in [-0.39, 0.29) is 0 Å². The van der Waals surface area contributed by atoms with Crippen molar-refractivity contribution >= 4 is 17.0 Å². The molecule has 94 valence electrons. The first-order valence-corrected chi connectivity index (χ1v) is 7.14. The first-order chi connectivity index (χ1) is 8.67. The quantitative estimate of drug-likeness (QED) is 0.916. The number of hydrogen-bond donors (Lipinski definition) is 1. The molecular formula is C15H17NOS. The first-order valence-electron chi connectivity index (χ1n) is 6.26. The Morgan fingerprint density at radius 2 is 2.11 bits per heavy atom. The summed E-state index contributed by atoms with van der Waals surface area (Å²) in [5.74, 6) is 0. The summed E-state index contributed by atoms with van der Waals surface area (Å²) in [5.41, 5.74) is 1.89. The zero-order valence-electron chi connectivity index (χ0n) is 10.5. The Morgan fingerprint density at radius 1 is 1.28 bits per heavy atom. The van der Waals surface area contributed by atoms with Crippen LogP contribution in [0.3, 0.4) is 0 Å². The minimum absolute atomic E-state index is 0.657. The van der Waals surface area contributed by atoms with Gasteiger partial charge in [0, 0.05) is 17.1 Å². The second kappa shape index (κ2) is 4.41. The lowest BCUT2D eigenvalue weighted by molar-refractivity contribution is 0.0687. The average Bonchev–Trinajstić information content (AvgIpc) is 2.99. The van der Waals surface area contributed by atoms with Crippen LogP contribution in [0.15, 0.2) is 41.8 Å². The lowest BCUT2D eigenvalue weighted by Crippen LogP contribution is -2.37. The molecule has 2 heterocycles. The molecule has 0 spiro atoms. The summed E-state index contributed by atoms with van der Waals surface area (Å²) >= 11 is 1.62. The Bertz CT molecular complexity index is 533. The molecule has 0 aliphatic carbocycles. The number of nitrogens with zero attached hydrogens (tertiary/aromatic N) is 1. The molecule has 2 nitrogen and oxygen atoms in total. The Labute approximate surface area is 112 Å². The van der Waals surface area contributed by atoms with Crippen LogP contribution in [0, 0.1) is 0 Å². The predicted octanol–water partition coefficient (Wildman–Crippen LogP) is 3.02. The van der Waals surface area contributed by atoms with Crippen LogP contribution in [-0.2, 0) is 12.0 Å². The number of thiophene rings is 1. The number of hydrogen-bond acceptors (Lipinski definition) is 3. The molecule has 0 saturated carbocycles. The standard InChI is InChI=1S/C15H17NOS/c1-15(17,14-7-4-10-18-14)11-16-9-8-12-5-2-3-6-13(12)16/h2-7,10,17H,8-9,11H2,1H3. The number of aliphatic hydroxyl groups is 1. The fraction of sp³-hybridized carbons (Fsp3) is 0.333. The molecule has 0 saturated heterocycles. The molecule has 3 rings (SSSR count). The van der Waals surface area contributed by atoms with Crippen LogP contribution in [0.1, 0.15) is 17.4 Å². The van der Waals surface area contributed by atoms with Crippen molar-refractivity contribution in [2.24, 2.45) is 0 Å². The van der Waals surface area contributed by atoms with E-state index in [2.05, 4.69) is 29.2 Å². The summed E-state index contributed by atoms with van der Waals surface area (Å²) in [7, 11) is 0. The number of anilines is 1. The molecule has 1 N–H and O–H groups in total. The first kappa shape index (κ1) is 11.8. The Kier molecular flexibility index (Phi) is 2.88. The lowest BCUT2D eigenvalue weighted by atomic mass is 10.0. The van der Waals surface area contributed by atoms with E-state index in [1.54, 1.807) is 11.3 Å². The summed E-state index contributed by atoms with van der Waals surface area (Å²) in [5, 5.41) is 12.6. The van der Waals surface area contributed by atoms with Gasteiger partial charge in [-0.25, -0.2) is 0 Å². The highest BCUT2D eigenvalue weighted by molar-refractivity contribution is 7.10. The van der Waals surface area contributed by atoms with Crippen molar-refractivity contribution in [3.63, 3.8) is 0 Å². The highest BCUT2D eigenvalue weighted by Gasteiger charge is 2.30. The molecule has 0 fully saturated rings. The second-order valence-corrected chi connectivity index (χ2v) is 6.00. The van der Waals surface area contributed by atoms with Crippen LogP contribution < -0.4 is 4.90 Å². The van der Waals surface area contributed by atoms with E-state index in [0.717, 1.165) is 17.8 Å². The van der Waals surface area contributed by atoms with Gasteiger partial charge in [-0.15, -0.1) is 11.3 Å². The van der Waals surface area contributed by atoms with E-state index in [4.69, 9.17) is 0 Å². The second-order valence-electron chi connectivity index (χ2n) is 5.05. The van der Waals surface area contributed by atoms with Gasteiger partial charge in [0.05, 0.1) is 6.54 Å². The van der Waals surface area contributed by atoms with Gasteiger partial charge in [-0.05, 0) is 36.4 Å². The van der Waals surface area contributed by atoms with Gasteiger partial charge in [0.2, 0.25) is 0 Å². The fourth-order valence-corrected chi connectivity index (χ4v) is 3.38. The van der Waals surface area contributed by atoms with Crippen molar-refractivity contribution in [1.82, 2.24) is 0 Å². The number of fused-ring (bicyclic) bond motifs is 1. The molecule has 0 bridgehead atoms. The van der Waals surface area contributed by atoms with E-state index >= 15 is 0 Å². The number of rotatable bonds is 3. The van der Waals surface area contributed by atoms with Gasteiger partial charge in [-0.2, -0.15) is 0 Å². The highest BCUT2D eigenvalue weighted by atomic mass is 32.1. The maximum absolute atomic E-state index is 10.6. The molecule has 1 aromatic heterocycles. The predicted molar refractivity (Wildman–Crippen MR) is 76.2 cm³/mol. The van der Waals surface area contributed by atoms with Crippen molar-refractivity contribution in [2.45, 2.75) is 18.9 Å². The maximum atomic E-state index is 10.6. The fourth-order valence-electron chi connectivity index (χ4n) is 2.61. The zero-order valence-corrected chi connectivity index (χ0v) is 11.3. The summed E-state index contributed by atoms with van der Waals surface area (Å²) in [6.45, 7) is 3.56. The third-order valence-electron chi connectivity index (χ3n) is 3.53. The summed E-state index contributed by atoms with van der Waals surface area (Å²) in [4.78, 5) is 3.32. The monoisotopic (exact) mass is 259 g/mol. The van der Waals surface area contributed by atoms with Crippen LogP contribution in [0.5, 0.6) is 0 Å². The zero-order chi connectivity index (χ0) is 12.6. The smallest absolute Gasteiger partial charge is 0.113 e. The molecule has 0 radical (unpaired) electrons. The van der Waals surface area contributed by atoms with Crippen LogP contribution >= 0.6 is 11.3 Å². The van der Waals surface area contributed by atoms with E-state index < -0.39 is 5.60 Å². The van der Waals surface area contributed by atoms with E-state index in [9.17, 15) is 5.11 Å². The van der Waals surface area contributed by atoms with Crippen LogP contribution in [0.2, 0.25) is 0 Å². The van der Waals surface area contributed by atoms with E-state index in [0.29, 0.717) is 6.54 Å². The van der Waals surface area contributed by atoms with Gasteiger partial charge in [-0.1, -0.05) is 24.3 Å². The Hall–Kier alpha value is -1.32. The van der Waals surface area contributed by atoms with Crippen molar-refractivity contribution in [3.05, 3.63) is 52.2 Å². The molecule has 3 heteroatoms. The minimum atomic E-state index is -0.772. The average molecular weight is 259 g/mol. The van der Waals surface area contributed by atoms with E-state index in [1.807, 2.05) is 24.4 Å². The summed E-state index contributed by atoms with van der Waals surface area (Å²) in [6.07, 6.45) is 1.08. The summed E-state index contributed by atoms with van der Waals surface area (Å²) < 4.78 is 0. The van der Waals surface area contributed by atoms with Gasteiger partial charge in [-0.3, -0.25) is 0 Å². The molecule has 2 aromatic rings. The molecule has 18 heavy (non-hydrogen) atoms. The molecular weight excluding hydrogens is 242 g/mol.